The average molecular weight is 435 g/mol. The van der Waals surface area contributed by atoms with Crippen molar-refractivity contribution >= 4 is 28.8 Å². The summed E-state index contributed by atoms with van der Waals surface area (Å²) in [6.07, 6.45) is 8.66. The van der Waals surface area contributed by atoms with Gasteiger partial charge in [0.25, 0.3) is 5.91 Å². The fourth-order valence-corrected chi connectivity index (χ4v) is 4.96. The van der Waals surface area contributed by atoms with Gasteiger partial charge in [0.05, 0.1) is 6.20 Å². The van der Waals surface area contributed by atoms with E-state index in [1.165, 1.54) is 29.9 Å². The maximum Gasteiger partial charge on any atom is 0.279 e. The van der Waals surface area contributed by atoms with E-state index < -0.39 is 6.04 Å². The molecule has 0 bridgehead atoms. The van der Waals surface area contributed by atoms with E-state index in [1.54, 1.807) is 4.90 Å². The molecule has 7 heteroatoms. The number of rotatable bonds is 6. The number of thiophene rings is 1. The van der Waals surface area contributed by atoms with Crippen LogP contribution in [0, 0.1) is 13.8 Å². The first-order valence-corrected chi connectivity index (χ1v) is 11.4. The first-order chi connectivity index (χ1) is 15.0. The molecule has 0 aliphatic heterocycles. The van der Waals surface area contributed by atoms with Crippen molar-refractivity contribution in [3.63, 3.8) is 0 Å². The number of nitrogens with zero attached hydrogens (tertiary/aromatic N) is 3. The molecule has 1 atom stereocenters. The third kappa shape index (κ3) is 4.66. The molecule has 1 aliphatic carbocycles. The minimum atomic E-state index is -0.781. The fourth-order valence-electron chi connectivity index (χ4n) is 4.15. The average Bonchev–Trinajstić information content (AvgIpc) is 3.47. The first-order valence-electron chi connectivity index (χ1n) is 10.5. The SMILES string of the molecule is Cc1ccc(N(C(=O)c2cnccn2)C(C(=O)NC2CCCC2)c2cccs2)c(C)c1. The van der Waals surface area contributed by atoms with E-state index in [0.717, 1.165) is 41.7 Å². The summed E-state index contributed by atoms with van der Waals surface area (Å²) in [5, 5.41) is 5.12. The Bertz CT molecular complexity index is 1050. The summed E-state index contributed by atoms with van der Waals surface area (Å²) in [6.45, 7) is 3.97. The van der Waals surface area contributed by atoms with Gasteiger partial charge in [-0.15, -0.1) is 11.3 Å². The lowest BCUT2D eigenvalue weighted by Crippen LogP contribution is -2.46. The number of anilines is 1. The van der Waals surface area contributed by atoms with Crippen LogP contribution in [0.5, 0.6) is 0 Å². The van der Waals surface area contributed by atoms with E-state index >= 15 is 0 Å². The Labute approximate surface area is 186 Å². The van der Waals surface area contributed by atoms with Crippen LogP contribution in [0.1, 0.15) is 58.2 Å². The van der Waals surface area contributed by atoms with Gasteiger partial charge < -0.3 is 5.32 Å². The van der Waals surface area contributed by atoms with Gasteiger partial charge in [0.2, 0.25) is 5.91 Å². The molecule has 1 aliphatic rings. The normalized spacial score (nSPS) is 14.9. The standard InChI is InChI=1S/C24H26N4O2S/c1-16-9-10-20(17(2)14-16)28(24(30)19-15-25-11-12-26-19)22(21-8-5-13-31-21)23(29)27-18-6-3-4-7-18/h5,8-15,18,22H,3-4,6-7H2,1-2H3,(H,27,29). The van der Waals surface area contributed by atoms with Crippen molar-refractivity contribution in [2.24, 2.45) is 0 Å². The summed E-state index contributed by atoms with van der Waals surface area (Å²) < 4.78 is 0. The molecular weight excluding hydrogens is 408 g/mol. The molecule has 2 aromatic heterocycles. The third-order valence-electron chi connectivity index (χ3n) is 5.63. The van der Waals surface area contributed by atoms with E-state index in [-0.39, 0.29) is 23.6 Å². The summed E-state index contributed by atoms with van der Waals surface area (Å²) in [6, 6.07) is 9.07. The summed E-state index contributed by atoms with van der Waals surface area (Å²) in [5.74, 6) is -0.508. The molecule has 3 aromatic rings. The van der Waals surface area contributed by atoms with Crippen molar-refractivity contribution in [1.29, 1.82) is 0 Å². The van der Waals surface area contributed by atoms with Crippen LogP contribution in [0.3, 0.4) is 0 Å². The fraction of sp³-hybridized carbons (Fsp3) is 0.333. The van der Waals surface area contributed by atoms with Gasteiger partial charge >= 0.3 is 0 Å². The minimum absolute atomic E-state index is 0.155. The molecule has 1 saturated carbocycles. The maximum atomic E-state index is 13.7. The molecule has 160 valence electrons. The van der Waals surface area contributed by atoms with Gasteiger partial charge in [0.1, 0.15) is 5.69 Å². The number of carbonyl (C=O) groups excluding carboxylic acids is 2. The summed E-state index contributed by atoms with van der Waals surface area (Å²) in [5.41, 5.74) is 2.92. The van der Waals surface area contributed by atoms with Gasteiger partial charge in [-0.05, 0) is 49.8 Å². The number of nitrogens with one attached hydrogen (secondary N) is 1. The van der Waals surface area contributed by atoms with E-state index in [4.69, 9.17) is 0 Å². The molecule has 2 amide bonds. The largest absolute Gasteiger partial charge is 0.351 e. The molecular formula is C24H26N4O2S. The zero-order chi connectivity index (χ0) is 21.8. The molecule has 2 heterocycles. The number of carbonyl (C=O) groups is 2. The summed E-state index contributed by atoms with van der Waals surface area (Å²) >= 11 is 1.47. The number of aryl methyl sites for hydroxylation is 2. The predicted octanol–water partition coefficient (Wildman–Crippen LogP) is 4.60. The lowest BCUT2D eigenvalue weighted by molar-refractivity contribution is -0.123. The number of hydrogen-bond donors (Lipinski definition) is 1. The first kappa shape index (κ1) is 21.2. The highest BCUT2D eigenvalue weighted by atomic mass is 32.1. The Morgan fingerprint density at radius 3 is 2.61 bits per heavy atom. The van der Waals surface area contributed by atoms with E-state index in [1.807, 2.05) is 49.6 Å². The van der Waals surface area contributed by atoms with Crippen molar-refractivity contribution in [2.75, 3.05) is 4.90 Å². The highest BCUT2D eigenvalue weighted by Gasteiger charge is 2.36. The topological polar surface area (TPSA) is 75.2 Å². The lowest BCUT2D eigenvalue weighted by Gasteiger charge is -2.32. The highest BCUT2D eigenvalue weighted by Crippen LogP contribution is 2.34. The second-order valence-electron chi connectivity index (χ2n) is 7.96. The van der Waals surface area contributed by atoms with Gasteiger partial charge in [-0.25, -0.2) is 4.98 Å². The van der Waals surface area contributed by atoms with Crippen molar-refractivity contribution < 1.29 is 9.59 Å². The number of aromatic nitrogens is 2. The summed E-state index contributed by atoms with van der Waals surface area (Å²) in [4.78, 5) is 38.0. The second-order valence-corrected chi connectivity index (χ2v) is 8.94. The Morgan fingerprint density at radius 1 is 1.16 bits per heavy atom. The van der Waals surface area contributed by atoms with E-state index in [0.29, 0.717) is 5.69 Å². The van der Waals surface area contributed by atoms with Crippen LogP contribution in [0.15, 0.2) is 54.3 Å². The molecule has 6 nitrogen and oxygen atoms in total. The smallest absolute Gasteiger partial charge is 0.279 e. The molecule has 0 saturated heterocycles. The van der Waals surface area contributed by atoms with Gasteiger partial charge in [-0.2, -0.15) is 0 Å². The van der Waals surface area contributed by atoms with Gasteiger partial charge in [0.15, 0.2) is 6.04 Å². The molecule has 0 radical (unpaired) electrons. The van der Waals surface area contributed by atoms with Crippen LogP contribution < -0.4 is 10.2 Å². The van der Waals surface area contributed by atoms with Crippen LogP contribution >= 0.6 is 11.3 Å². The second kappa shape index (κ2) is 9.39. The van der Waals surface area contributed by atoms with E-state index in [9.17, 15) is 9.59 Å². The Balaban J connectivity index is 1.81. The molecule has 1 aromatic carbocycles. The van der Waals surface area contributed by atoms with Crippen molar-refractivity contribution in [3.05, 3.63) is 76.0 Å². The number of hydrogen-bond acceptors (Lipinski definition) is 5. The molecule has 1 unspecified atom stereocenters. The predicted molar refractivity (Wildman–Crippen MR) is 122 cm³/mol. The van der Waals surface area contributed by atoms with Gasteiger partial charge in [-0.3, -0.25) is 19.5 Å². The van der Waals surface area contributed by atoms with Gasteiger partial charge in [-0.1, -0.05) is 36.6 Å². The lowest BCUT2D eigenvalue weighted by atomic mass is 10.0. The zero-order valence-corrected chi connectivity index (χ0v) is 18.6. The van der Waals surface area contributed by atoms with Crippen LogP contribution in [-0.2, 0) is 4.79 Å². The molecule has 0 spiro atoms. The van der Waals surface area contributed by atoms with Crippen LogP contribution in [-0.4, -0.2) is 27.8 Å². The molecule has 1 N–H and O–H groups in total. The Hall–Kier alpha value is -3.06. The Kier molecular flexibility index (Phi) is 6.42. The third-order valence-corrected chi connectivity index (χ3v) is 6.56. The van der Waals surface area contributed by atoms with Crippen LogP contribution in [0.2, 0.25) is 0 Å². The quantitative estimate of drug-likeness (QED) is 0.615. The number of benzene rings is 1. The monoisotopic (exact) mass is 434 g/mol. The summed E-state index contributed by atoms with van der Waals surface area (Å²) in [7, 11) is 0. The van der Waals surface area contributed by atoms with Crippen molar-refractivity contribution in [2.45, 2.75) is 51.6 Å². The Morgan fingerprint density at radius 2 is 1.97 bits per heavy atom. The van der Waals surface area contributed by atoms with Gasteiger partial charge in [0, 0.05) is 29.0 Å². The zero-order valence-electron chi connectivity index (χ0n) is 17.7. The molecule has 4 rings (SSSR count). The van der Waals surface area contributed by atoms with Crippen molar-refractivity contribution in [1.82, 2.24) is 15.3 Å². The van der Waals surface area contributed by atoms with E-state index in [2.05, 4.69) is 15.3 Å². The maximum absolute atomic E-state index is 13.7. The van der Waals surface area contributed by atoms with Crippen molar-refractivity contribution in [3.8, 4) is 0 Å². The molecule has 1 fully saturated rings. The van der Waals surface area contributed by atoms with Crippen LogP contribution in [0.25, 0.3) is 0 Å². The number of amides is 2. The minimum Gasteiger partial charge on any atom is -0.351 e. The van der Waals surface area contributed by atoms with Crippen LogP contribution in [0.4, 0.5) is 5.69 Å². The highest BCUT2D eigenvalue weighted by molar-refractivity contribution is 7.10. The molecule has 31 heavy (non-hydrogen) atoms.